The lowest BCUT2D eigenvalue weighted by atomic mass is 10.2. The van der Waals surface area contributed by atoms with Gasteiger partial charge in [0.05, 0.1) is 5.56 Å². The third-order valence-corrected chi connectivity index (χ3v) is 3.60. The zero-order chi connectivity index (χ0) is 17.2. The highest BCUT2D eigenvalue weighted by Crippen LogP contribution is 2.16. The molecule has 25 heavy (non-hydrogen) atoms. The van der Waals surface area contributed by atoms with Crippen LogP contribution in [-0.2, 0) is 11.3 Å². The minimum absolute atomic E-state index is 0.0497. The molecule has 0 saturated heterocycles. The van der Waals surface area contributed by atoms with Gasteiger partial charge in [0.2, 0.25) is 0 Å². The van der Waals surface area contributed by atoms with Gasteiger partial charge >= 0.3 is 5.97 Å². The molecule has 4 aromatic rings. The Bertz CT molecular complexity index is 1040. The number of nitrogens with zero attached hydrogens (tertiary/aromatic N) is 5. The molecule has 2 heterocycles. The number of benzene rings is 2. The maximum Gasteiger partial charge on any atom is 0.338 e. The molecule has 0 radical (unpaired) electrons. The Morgan fingerprint density at radius 1 is 1.16 bits per heavy atom. The molecule has 0 aliphatic rings. The lowest BCUT2D eigenvalue weighted by Crippen LogP contribution is -2.07. The van der Waals surface area contributed by atoms with E-state index in [2.05, 4.69) is 25.5 Å². The smallest absolute Gasteiger partial charge is 0.338 e. The van der Waals surface area contributed by atoms with Crippen molar-refractivity contribution in [3.8, 4) is 5.69 Å². The fourth-order valence-corrected chi connectivity index (χ4v) is 2.36. The quantitative estimate of drug-likeness (QED) is 0.572. The van der Waals surface area contributed by atoms with Crippen LogP contribution in [-0.4, -0.2) is 36.1 Å². The van der Waals surface area contributed by atoms with Crippen LogP contribution >= 0.6 is 0 Å². The molecule has 0 bridgehead atoms. The van der Waals surface area contributed by atoms with Crippen LogP contribution in [0.1, 0.15) is 15.9 Å². The second kappa shape index (κ2) is 6.11. The zero-order valence-corrected chi connectivity index (χ0v) is 12.8. The number of aromatic amines is 1. The van der Waals surface area contributed by atoms with Crippen molar-refractivity contribution in [3.63, 3.8) is 0 Å². The third-order valence-electron chi connectivity index (χ3n) is 3.60. The van der Waals surface area contributed by atoms with Crippen molar-refractivity contribution in [2.75, 3.05) is 0 Å². The van der Waals surface area contributed by atoms with E-state index in [1.165, 1.54) is 29.5 Å². The van der Waals surface area contributed by atoms with Crippen LogP contribution in [0.15, 0.2) is 49.1 Å². The van der Waals surface area contributed by atoms with Crippen LogP contribution < -0.4 is 0 Å². The van der Waals surface area contributed by atoms with Crippen molar-refractivity contribution in [2.45, 2.75) is 6.61 Å². The first kappa shape index (κ1) is 14.9. The van der Waals surface area contributed by atoms with Crippen LogP contribution in [0.25, 0.3) is 16.7 Å². The Labute approximate surface area is 140 Å². The second-order valence-electron chi connectivity index (χ2n) is 5.23. The molecule has 2 aromatic heterocycles. The Morgan fingerprint density at radius 2 is 2.04 bits per heavy atom. The predicted octanol–water partition coefficient (Wildman–Crippen LogP) is 2.03. The summed E-state index contributed by atoms with van der Waals surface area (Å²) in [5.41, 5.74) is 2.47. The minimum Gasteiger partial charge on any atom is -0.457 e. The number of aromatic nitrogens is 6. The molecule has 0 amide bonds. The van der Waals surface area contributed by atoms with Gasteiger partial charge in [-0.05, 0) is 35.9 Å². The Kier molecular flexibility index (Phi) is 3.65. The molecule has 4 rings (SSSR count). The summed E-state index contributed by atoms with van der Waals surface area (Å²) in [5, 5.41) is 14.3. The van der Waals surface area contributed by atoms with Crippen LogP contribution in [0.3, 0.4) is 0 Å². The molecule has 1 N–H and O–H groups in total. The van der Waals surface area contributed by atoms with Crippen molar-refractivity contribution in [1.82, 2.24) is 30.2 Å². The van der Waals surface area contributed by atoms with E-state index in [4.69, 9.17) is 4.74 Å². The minimum atomic E-state index is -0.621. The Morgan fingerprint density at radius 3 is 2.84 bits per heavy atom. The second-order valence-corrected chi connectivity index (χ2v) is 5.23. The molecule has 0 aliphatic carbocycles. The zero-order valence-electron chi connectivity index (χ0n) is 12.8. The van der Waals surface area contributed by atoms with E-state index >= 15 is 0 Å². The molecular formula is C16H11FN6O2. The Balaban J connectivity index is 1.48. The summed E-state index contributed by atoms with van der Waals surface area (Å²) in [6, 6.07) is 9.35. The fourth-order valence-electron chi connectivity index (χ4n) is 2.36. The molecule has 0 spiro atoms. The molecular weight excluding hydrogens is 327 g/mol. The molecule has 0 unspecified atom stereocenters. The van der Waals surface area contributed by atoms with Crippen molar-refractivity contribution in [1.29, 1.82) is 0 Å². The SMILES string of the molecule is O=C(OCc1ccc2n[nH]nc2c1)c1ccc(-n2cncn2)c(F)c1. The molecule has 0 atom stereocenters. The van der Waals surface area contributed by atoms with Gasteiger partial charge in [-0.15, -0.1) is 0 Å². The van der Waals surface area contributed by atoms with Gasteiger partial charge in [-0.2, -0.15) is 20.5 Å². The van der Waals surface area contributed by atoms with E-state index in [0.29, 0.717) is 5.52 Å². The standard InChI is InChI=1S/C16H11FN6O2/c17-12-6-11(2-4-15(12)23-9-18-8-19-23)16(24)25-7-10-1-3-13-14(5-10)21-22-20-13/h1-6,8-9H,7H2,(H,20,21,22). The number of hydrogen-bond donors (Lipinski definition) is 1. The average Bonchev–Trinajstić information content (AvgIpc) is 3.30. The molecule has 0 saturated carbocycles. The number of rotatable bonds is 4. The van der Waals surface area contributed by atoms with Gasteiger partial charge in [-0.3, -0.25) is 0 Å². The summed E-state index contributed by atoms with van der Waals surface area (Å²) in [4.78, 5) is 15.9. The average molecular weight is 338 g/mol. The third kappa shape index (κ3) is 2.94. The first-order valence-corrected chi connectivity index (χ1v) is 7.32. The van der Waals surface area contributed by atoms with E-state index in [1.807, 2.05) is 0 Å². The first-order valence-electron chi connectivity index (χ1n) is 7.32. The van der Waals surface area contributed by atoms with E-state index in [0.717, 1.165) is 17.1 Å². The first-order chi connectivity index (χ1) is 12.2. The fraction of sp³-hybridized carbons (Fsp3) is 0.0625. The van der Waals surface area contributed by atoms with Crippen molar-refractivity contribution in [2.24, 2.45) is 0 Å². The van der Waals surface area contributed by atoms with E-state index < -0.39 is 11.8 Å². The van der Waals surface area contributed by atoms with Crippen molar-refractivity contribution >= 4 is 17.0 Å². The van der Waals surface area contributed by atoms with Gasteiger partial charge in [0, 0.05) is 0 Å². The summed E-state index contributed by atoms with van der Waals surface area (Å²) < 4.78 is 20.7. The number of hydrogen-bond acceptors (Lipinski definition) is 6. The number of halogens is 1. The topological polar surface area (TPSA) is 98.6 Å². The van der Waals surface area contributed by atoms with Crippen molar-refractivity contribution in [3.05, 3.63) is 66.0 Å². The number of carbonyl (C=O) groups excluding carboxylic acids is 1. The van der Waals surface area contributed by atoms with E-state index in [9.17, 15) is 9.18 Å². The normalized spacial score (nSPS) is 10.9. The van der Waals surface area contributed by atoms with Crippen LogP contribution in [0.5, 0.6) is 0 Å². The molecule has 8 nitrogen and oxygen atoms in total. The Hall–Kier alpha value is -3.62. The van der Waals surface area contributed by atoms with Crippen LogP contribution in [0.4, 0.5) is 4.39 Å². The van der Waals surface area contributed by atoms with E-state index in [1.54, 1.807) is 18.2 Å². The number of esters is 1. The van der Waals surface area contributed by atoms with Crippen LogP contribution in [0, 0.1) is 5.82 Å². The summed E-state index contributed by atoms with van der Waals surface area (Å²) in [6.45, 7) is 0.0497. The molecule has 0 aliphatic heterocycles. The van der Waals surface area contributed by atoms with Gasteiger partial charge < -0.3 is 4.74 Å². The van der Waals surface area contributed by atoms with Gasteiger partial charge in [0.1, 0.15) is 41.8 Å². The summed E-state index contributed by atoms with van der Waals surface area (Å²) in [6.07, 6.45) is 2.67. The van der Waals surface area contributed by atoms with Crippen LogP contribution in [0.2, 0.25) is 0 Å². The van der Waals surface area contributed by atoms with E-state index in [-0.39, 0.29) is 17.9 Å². The number of nitrogens with one attached hydrogen (secondary N) is 1. The monoisotopic (exact) mass is 338 g/mol. The molecule has 0 fully saturated rings. The lowest BCUT2D eigenvalue weighted by molar-refractivity contribution is 0.0472. The van der Waals surface area contributed by atoms with Gasteiger partial charge in [-0.25, -0.2) is 18.9 Å². The number of H-pyrrole nitrogens is 1. The highest BCUT2D eigenvalue weighted by atomic mass is 19.1. The number of carbonyl (C=O) groups is 1. The summed E-state index contributed by atoms with van der Waals surface area (Å²) >= 11 is 0. The molecule has 9 heteroatoms. The summed E-state index contributed by atoms with van der Waals surface area (Å²) in [7, 11) is 0. The van der Waals surface area contributed by atoms with Gasteiger partial charge in [0.15, 0.2) is 0 Å². The summed E-state index contributed by atoms with van der Waals surface area (Å²) in [5.74, 6) is -1.21. The largest absolute Gasteiger partial charge is 0.457 e. The maximum atomic E-state index is 14.2. The highest BCUT2D eigenvalue weighted by molar-refractivity contribution is 5.89. The molecule has 124 valence electrons. The maximum absolute atomic E-state index is 14.2. The highest BCUT2D eigenvalue weighted by Gasteiger charge is 2.13. The lowest BCUT2D eigenvalue weighted by Gasteiger charge is -2.07. The van der Waals surface area contributed by atoms with Crippen molar-refractivity contribution < 1.29 is 13.9 Å². The van der Waals surface area contributed by atoms with Gasteiger partial charge in [-0.1, -0.05) is 6.07 Å². The number of fused-ring (bicyclic) bond motifs is 1. The molecule has 2 aromatic carbocycles. The van der Waals surface area contributed by atoms with Gasteiger partial charge in [0.25, 0.3) is 0 Å². The predicted molar refractivity (Wildman–Crippen MR) is 84.3 cm³/mol. The number of ether oxygens (including phenoxy) is 1.